The predicted molar refractivity (Wildman–Crippen MR) is 101 cm³/mol. The van der Waals surface area contributed by atoms with E-state index in [1.165, 1.54) is 0 Å². The third-order valence-corrected chi connectivity index (χ3v) is 4.47. The summed E-state index contributed by atoms with van der Waals surface area (Å²) in [5.74, 6) is -0.172. The van der Waals surface area contributed by atoms with Gasteiger partial charge in [-0.05, 0) is 23.6 Å². The maximum Gasteiger partial charge on any atom is 0.407 e. The molecule has 1 fully saturated rings. The summed E-state index contributed by atoms with van der Waals surface area (Å²) in [5.41, 5.74) is 1.78. The van der Waals surface area contributed by atoms with Gasteiger partial charge < -0.3 is 15.4 Å². The number of anilines is 1. The Bertz CT molecular complexity index is 746. The zero-order valence-corrected chi connectivity index (χ0v) is 15.0. The highest BCUT2D eigenvalue weighted by molar-refractivity contribution is 5.95. The summed E-state index contributed by atoms with van der Waals surface area (Å²) in [6.45, 7) is 4.09. The van der Waals surface area contributed by atoms with Crippen molar-refractivity contribution in [2.75, 3.05) is 5.32 Å². The lowest BCUT2D eigenvalue weighted by Crippen LogP contribution is -2.33. The van der Waals surface area contributed by atoms with Crippen LogP contribution in [0.4, 0.5) is 10.5 Å². The molecule has 2 aromatic rings. The summed E-state index contributed by atoms with van der Waals surface area (Å²) in [5, 5.41) is 5.76. The summed E-state index contributed by atoms with van der Waals surface area (Å²) in [6.07, 6.45) is -0.279. The molecule has 2 aromatic carbocycles. The number of ether oxygens (including phenoxy) is 1. The zero-order chi connectivity index (χ0) is 18.5. The molecule has 0 spiro atoms. The largest absolute Gasteiger partial charge is 0.445 e. The van der Waals surface area contributed by atoms with Crippen LogP contribution in [0.25, 0.3) is 0 Å². The highest BCUT2D eigenvalue weighted by Gasteiger charge is 2.46. The molecule has 1 aliphatic carbocycles. The van der Waals surface area contributed by atoms with Gasteiger partial charge in [0.15, 0.2) is 0 Å². The number of hydrogen-bond acceptors (Lipinski definition) is 3. The van der Waals surface area contributed by atoms with Crippen molar-refractivity contribution in [2.24, 2.45) is 11.8 Å². The van der Waals surface area contributed by atoms with Crippen LogP contribution in [0.15, 0.2) is 60.7 Å². The third-order valence-electron chi connectivity index (χ3n) is 4.47. The molecule has 0 aliphatic heterocycles. The van der Waals surface area contributed by atoms with E-state index in [0.29, 0.717) is 6.42 Å². The van der Waals surface area contributed by atoms with Crippen LogP contribution in [-0.4, -0.2) is 18.1 Å². The number of carbonyl (C=O) groups is 2. The van der Waals surface area contributed by atoms with Crippen molar-refractivity contribution < 1.29 is 14.3 Å². The first-order valence-corrected chi connectivity index (χ1v) is 8.92. The van der Waals surface area contributed by atoms with E-state index < -0.39 is 6.09 Å². The van der Waals surface area contributed by atoms with E-state index in [2.05, 4.69) is 10.6 Å². The second-order valence-corrected chi connectivity index (χ2v) is 6.92. The molecule has 26 heavy (non-hydrogen) atoms. The number of hydrogen-bond donors (Lipinski definition) is 2. The Morgan fingerprint density at radius 2 is 1.62 bits per heavy atom. The molecular weight excluding hydrogens is 328 g/mol. The minimum absolute atomic E-state index is 0.113. The van der Waals surface area contributed by atoms with Crippen molar-refractivity contribution in [2.45, 2.75) is 32.4 Å². The monoisotopic (exact) mass is 352 g/mol. The van der Waals surface area contributed by atoms with Gasteiger partial charge in [0, 0.05) is 12.1 Å². The molecule has 3 rings (SSSR count). The van der Waals surface area contributed by atoms with Gasteiger partial charge in [-0.15, -0.1) is 0 Å². The second-order valence-electron chi connectivity index (χ2n) is 6.92. The summed E-state index contributed by atoms with van der Waals surface area (Å²) < 4.78 is 5.42. The molecule has 136 valence electrons. The number of nitrogens with one attached hydrogen (secondary N) is 2. The van der Waals surface area contributed by atoms with Crippen molar-refractivity contribution >= 4 is 17.7 Å². The maximum absolute atomic E-state index is 12.2. The fourth-order valence-corrected chi connectivity index (χ4v) is 2.93. The molecular formula is C21H24N2O3. The van der Waals surface area contributed by atoms with Crippen LogP contribution >= 0.6 is 0 Å². The minimum atomic E-state index is -0.479. The van der Waals surface area contributed by atoms with Crippen molar-refractivity contribution in [3.05, 3.63) is 66.2 Å². The quantitative estimate of drug-likeness (QED) is 0.821. The average molecular weight is 352 g/mol. The van der Waals surface area contributed by atoms with Gasteiger partial charge in [0.2, 0.25) is 5.91 Å². The van der Waals surface area contributed by atoms with Gasteiger partial charge in [-0.3, -0.25) is 4.79 Å². The molecule has 0 heterocycles. The molecule has 3 atom stereocenters. The lowest BCUT2D eigenvalue weighted by molar-refractivity contribution is -0.117. The Balaban J connectivity index is 1.50. The number of amides is 2. The first-order valence-electron chi connectivity index (χ1n) is 8.92. The first kappa shape index (κ1) is 18.0. The van der Waals surface area contributed by atoms with Crippen molar-refractivity contribution in [3.8, 4) is 0 Å². The Morgan fingerprint density at radius 1 is 1.00 bits per heavy atom. The van der Waals surface area contributed by atoms with E-state index in [4.69, 9.17) is 4.74 Å². The van der Waals surface area contributed by atoms with Gasteiger partial charge >= 0.3 is 6.09 Å². The molecule has 0 radical (unpaired) electrons. The first-order chi connectivity index (χ1) is 12.5. The van der Waals surface area contributed by atoms with Crippen LogP contribution in [0.2, 0.25) is 0 Å². The van der Waals surface area contributed by atoms with Gasteiger partial charge in [0.05, 0.1) is 12.0 Å². The Hall–Kier alpha value is -2.82. The highest BCUT2D eigenvalue weighted by atomic mass is 16.6. The van der Waals surface area contributed by atoms with Crippen molar-refractivity contribution in [1.29, 1.82) is 0 Å². The van der Waals surface area contributed by atoms with E-state index in [9.17, 15) is 9.59 Å². The molecule has 0 saturated heterocycles. The summed E-state index contributed by atoms with van der Waals surface area (Å²) in [6, 6.07) is 19.0. The van der Waals surface area contributed by atoms with E-state index in [-0.39, 0.29) is 29.9 Å². The average Bonchev–Trinajstić information content (AvgIpc) is 3.40. The van der Waals surface area contributed by atoms with E-state index in [1.54, 1.807) is 0 Å². The molecule has 3 unspecified atom stereocenters. The van der Waals surface area contributed by atoms with Gasteiger partial charge in [-0.1, -0.05) is 62.4 Å². The molecule has 1 saturated carbocycles. The summed E-state index contributed by atoms with van der Waals surface area (Å²) in [4.78, 5) is 24.4. The Morgan fingerprint density at radius 3 is 2.23 bits per heavy atom. The SMILES string of the molecule is CC(C)C(NC(=O)OC1CC1C(=O)Nc1ccccc1)c1ccccc1. The van der Waals surface area contributed by atoms with Gasteiger partial charge in [-0.2, -0.15) is 0 Å². The normalized spacial score (nSPS) is 19.5. The summed E-state index contributed by atoms with van der Waals surface area (Å²) in [7, 11) is 0. The molecule has 2 N–H and O–H groups in total. The molecule has 0 bridgehead atoms. The standard InChI is InChI=1S/C21H24N2O3/c1-14(2)19(15-9-5-3-6-10-15)23-21(25)26-18-13-17(18)20(24)22-16-11-7-4-8-12-16/h3-12,14,17-19H,13H2,1-2H3,(H,22,24)(H,23,25). The smallest absolute Gasteiger partial charge is 0.407 e. The fraction of sp³-hybridized carbons (Fsp3) is 0.333. The summed E-state index contributed by atoms with van der Waals surface area (Å²) >= 11 is 0. The van der Waals surface area contributed by atoms with Crippen LogP contribution in [-0.2, 0) is 9.53 Å². The number of benzene rings is 2. The van der Waals surface area contributed by atoms with Crippen LogP contribution in [0, 0.1) is 11.8 Å². The van der Waals surface area contributed by atoms with Crippen molar-refractivity contribution in [3.63, 3.8) is 0 Å². The topological polar surface area (TPSA) is 67.4 Å². The van der Waals surface area contributed by atoms with E-state index >= 15 is 0 Å². The van der Waals surface area contributed by atoms with Gasteiger partial charge in [0.25, 0.3) is 0 Å². The fourth-order valence-electron chi connectivity index (χ4n) is 2.93. The molecule has 5 heteroatoms. The number of para-hydroxylation sites is 1. The molecule has 0 aromatic heterocycles. The third kappa shape index (κ3) is 4.63. The highest BCUT2D eigenvalue weighted by Crippen LogP contribution is 2.35. The van der Waals surface area contributed by atoms with E-state index in [0.717, 1.165) is 11.3 Å². The Labute approximate surface area is 153 Å². The lowest BCUT2D eigenvalue weighted by Gasteiger charge is -2.22. The van der Waals surface area contributed by atoms with Crippen LogP contribution in [0.1, 0.15) is 31.9 Å². The second kappa shape index (κ2) is 8.04. The van der Waals surface area contributed by atoms with Crippen LogP contribution in [0.5, 0.6) is 0 Å². The van der Waals surface area contributed by atoms with E-state index in [1.807, 2.05) is 74.5 Å². The van der Waals surface area contributed by atoms with Crippen LogP contribution < -0.4 is 10.6 Å². The predicted octanol–water partition coefficient (Wildman–Crippen LogP) is 4.14. The lowest BCUT2D eigenvalue weighted by atomic mass is 9.96. The molecule has 2 amide bonds. The van der Waals surface area contributed by atoms with Gasteiger partial charge in [0.1, 0.15) is 6.10 Å². The van der Waals surface area contributed by atoms with Crippen LogP contribution in [0.3, 0.4) is 0 Å². The minimum Gasteiger partial charge on any atom is -0.445 e. The molecule has 1 aliphatic rings. The zero-order valence-electron chi connectivity index (χ0n) is 15.0. The Kier molecular flexibility index (Phi) is 5.56. The number of carbonyl (C=O) groups excluding carboxylic acids is 2. The molecule has 5 nitrogen and oxygen atoms in total. The number of alkyl carbamates (subject to hydrolysis) is 1. The maximum atomic E-state index is 12.2. The van der Waals surface area contributed by atoms with Gasteiger partial charge in [-0.25, -0.2) is 4.79 Å². The number of rotatable bonds is 6. The van der Waals surface area contributed by atoms with Crippen molar-refractivity contribution in [1.82, 2.24) is 5.32 Å².